The zero-order chi connectivity index (χ0) is 23.9. The average molecular weight is 468 g/mol. The number of imidazole rings is 1. The zero-order valence-corrected chi connectivity index (χ0v) is 17.8. The molecule has 0 bridgehead atoms. The zero-order valence-electron chi connectivity index (χ0n) is 17.8. The van der Waals surface area contributed by atoms with Crippen molar-refractivity contribution >= 4 is 28.6 Å². The van der Waals surface area contributed by atoms with E-state index in [0.29, 0.717) is 43.1 Å². The van der Waals surface area contributed by atoms with Crippen LogP contribution in [0.25, 0.3) is 22.4 Å². The molecule has 1 aliphatic rings. The van der Waals surface area contributed by atoms with Gasteiger partial charge in [0.15, 0.2) is 0 Å². The van der Waals surface area contributed by atoms with E-state index < -0.39 is 17.7 Å². The van der Waals surface area contributed by atoms with Crippen molar-refractivity contribution in [2.24, 2.45) is 0 Å². The van der Waals surface area contributed by atoms with Gasteiger partial charge in [-0.25, -0.2) is 19.7 Å². The van der Waals surface area contributed by atoms with Crippen molar-refractivity contribution < 1.29 is 23.1 Å². The second-order valence-corrected chi connectivity index (χ2v) is 7.90. The predicted molar refractivity (Wildman–Crippen MR) is 120 cm³/mol. The molecule has 11 heteroatoms. The second-order valence-electron chi connectivity index (χ2n) is 7.90. The molecule has 3 aromatic heterocycles. The minimum Gasteiger partial charge on any atom is -0.478 e. The molecule has 0 saturated carbocycles. The number of carboxylic acid groups (broad SMARTS) is 1. The van der Waals surface area contributed by atoms with Gasteiger partial charge in [-0.2, -0.15) is 13.2 Å². The van der Waals surface area contributed by atoms with E-state index in [1.54, 1.807) is 18.3 Å². The SMILES string of the molecule is O=C(O)c1ccc(N2CCN(c3ccc(-c4nc5cc(C(F)(F)F)ccc5[nH]4)cn3)CC2)nc1. The summed E-state index contributed by atoms with van der Waals surface area (Å²) in [5.41, 5.74) is 0.855. The van der Waals surface area contributed by atoms with Crippen LogP contribution in [0.3, 0.4) is 0 Å². The van der Waals surface area contributed by atoms with Crippen molar-refractivity contribution in [2.45, 2.75) is 6.18 Å². The number of fused-ring (bicyclic) bond motifs is 1. The van der Waals surface area contributed by atoms with Gasteiger partial charge in [0.25, 0.3) is 0 Å². The smallest absolute Gasteiger partial charge is 0.416 e. The number of aromatic amines is 1. The Kier molecular flexibility index (Phi) is 5.31. The monoisotopic (exact) mass is 468 g/mol. The number of H-pyrrole nitrogens is 1. The number of benzene rings is 1. The van der Waals surface area contributed by atoms with Crippen LogP contribution in [0, 0.1) is 0 Å². The third kappa shape index (κ3) is 4.24. The molecular formula is C23H19F3N6O2. The van der Waals surface area contributed by atoms with Gasteiger partial charge >= 0.3 is 12.1 Å². The molecule has 1 aromatic carbocycles. The Morgan fingerprint density at radius 3 is 2.09 bits per heavy atom. The number of aromatic nitrogens is 4. The van der Waals surface area contributed by atoms with Gasteiger partial charge in [0.05, 0.1) is 22.2 Å². The first kappa shape index (κ1) is 21.7. The fourth-order valence-electron chi connectivity index (χ4n) is 3.90. The van der Waals surface area contributed by atoms with E-state index in [1.165, 1.54) is 12.3 Å². The molecule has 34 heavy (non-hydrogen) atoms. The molecule has 4 aromatic rings. The Labute approximate surface area is 191 Å². The number of hydrogen-bond acceptors (Lipinski definition) is 6. The van der Waals surface area contributed by atoms with Crippen molar-refractivity contribution in [3.8, 4) is 11.4 Å². The Hall–Kier alpha value is -4.15. The maximum Gasteiger partial charge on any atom is 0.416 e. The lowest BCUT2D eigenvalue weighted by molar-refractivity contribution is -0.137. The van der Waals surface area contributed by atoms with Crippen LogP contribution < -0.4 is 9.80 Å². The lowest BCUT2D eigenvalue weighted by atomic mass is 10.2. The number of carbonyl (C=O) groups is 1. The Balaban J connectivity index is 1.26. The predicted octanol–water partition coefficient (Wildman–Crippen LogP) is 4.06. The average Bonchev–Trinajstić information content (AvgIpc) is 3.27. The first-order chi connectivity index (χ1) is 16.3. The molecule has 5 rings (SSSR count). The van der Waals surface area contributed by atoms with Crippen LogP contribution in [-0.4, -0.2) is 57.2 Å². The van der Waals surface area contributed by atoms with E-state index in [9.17, 15) is 18.0 Å². The molecule has 2 N–H and O–H groups in total. The Morgan fingerprint density at radius 2 is 1.56 bits per heavy atom. The molecule has 0 unspecified atom stereocenters. The summed E-state index contributed by atoms with van der Waals surface area (Å²) in [7, 11) is 0. The number of aromatic carboxylic acids is 1. The summed E-state index contributed by atoms with van der Waals surface area (Å²) in [5, 5.41) is 9.00. The van der Waals surface area contributed by atoms with Crippen molar-refractivity contribution in [3.05, 3.63) is 66.0 Å². The minimum atomic E-state index is -4.42. The van der Waals surface area contributed by atoms with E-state index >= 15 is 0 Å². The highest BCUT2D eigenvalue weighted by atomic mass is 19.4. The molecule has 4 heterocycles. The minimum absolute atomic E-state index is 0.150. The van der Waals surface area contributed by atoms with Crippen molar-refractivity contribution in [3.63, 3.8) is 0 Å². The van der Waals surface area contributed by atoms with Crippen LogP contribution in [0.2, 0.25) is 0 Å². The standard InChI is InChI=1S/C23H19F3N6O2/c24-23(25,26)16-3-4-17-18(11-16)30-21(29-17)14-1-5-19(27-12-14)31-7-9-32(10-8-31)20-6-2-15(13-28-20)22(33)34/h1-6,11-13H,7-10H2,(H,29,30)(H,33,34). The van der Waals surface area contributed by atoms with Crippen molar-refractivity contribution in [1.29, 1.82) is 0 Å². The van der Waals surface area contributed by atoms with Crippen molar-refractivity contribution in [1.82, 2.24) is 19.9 Å². The molecule has 0 radical (unpaired) electrons. The highest BCUT2D eigenvalue weighted by Crippen LogP contribution is 2.32. The summed E-state index contributed by atoms with van der Waals surface area (Å²) in [6, 6.07) is 10.4. The van der Waals surface area contributed by atoms with Crippen LogP contribution in [0.5, 0.6) is 0 Å². The molecule has 1 aliphatic heterocycles. The first-order valence-electron chi connectivity index (χ1n) is 10.5. The third-order valence-electron chi connectivity index (χ3n) is 5.75. The molecule has 1 fully saturated rings. The van der Waals surface area contributed by atoms with Crippen LogP contribution in [0.4, 0.5) is 24.8 Å². The fourth-order valence-corrected chi connectivity index (χ4v) is 3.90. The number of anilines is 2. The molecule has 1 saturated heterocycles. The summed E-state index contributed by atoms with van der Waals surface area (Å²) in [6.07, 6.45) is -1.42. The number of hydrogen-bond donors (Lipinski definition) is 2. The topological polar surface area (TPSA) is 98.2 Å². The van der Waals surface area contributed by atoms with Crippen LogP contribution in [0.1, 0.15) is 15.9 Å². The molecule has 8 nitrogen and oxygen atoms in total. The number of rotatable bonds is 4. The fraction of sp³-hybridized carbons (Fsp3) is 0.217. The molecule has 0 atom stereocenters. The van der Waals surface area contributed by atoms with Crippen molar-refractivity contribution in [2.75, 3.05) is 36.0 Å². The number of nitrogens with one attached hydrogen (secondary N) is 1. The summed E-state index contributed by atoms with van der Waals surface area (Å²) in [6.45, 7) is 2.82. The van der Waals surface area contributed by atoms with Gasteiger partial charge in [-0.15, -0.1) is 0 Å². The number of pyridine rings is 2. The summed E-state index contributed by atoms with van der Waals surface area (Å²) in [5.74, 6) is 0.959. The summed E-state index contributed by atoms with van der Waals surface area (Å²) in [4.78, 5) is 31.3. The summed E-state index contributed by atoms with van der Waals surface area (Å²) >= 11 is 0. The largest absolute Gasteiger partial charge is 0.478 e. The Morgan fingerprint density at radius 1 is 0.912 bits per heavy atom. The normalized spacial score (nSPS) is 14.6. The van der Waals surface area contributed by atoms with Gasteiger partial charge in [0, 0.05) is 44.1 Å². The third-order valence-corrected chi connectivity index (χ3v) is 5.75. The number of halogens is 3. The van der Waals surface area contributed by atoms with Crippen LogP contribution in [0.15, 0.2) is 54.9 Å². The first-order valence-corrected chi connectivity index (χ1v) is 10.5. The molecule has 0 aliphatic carbocycles. The molecule has 0 amide bonds. The quantitative estimate of drug-likeness (QED) is 0.466. The maximum atomic E-state index is 13.0. The van der Waals surface area contributed by atoms with Crippen LogP contribution in [-0.2, 0) is 6.18 Å². The van der Waals surface area contributed by atoms with E-state index in [2.05, 4.69) is 29.7 Å². The lowest BCUT2D eigenvalue weighted by Crippen LogP contribution is -2.47. The van der Waals surface area contributed by atoms with E-state index in [4.69, 9.17) is 5.11 Å². The molecular weight excluding hydrogens is 449 g/mol. The van der Waals surface area contributed by atoms with E-state index in [0.717, 1.165) is 23.8 Å². The Bertz CT molecular complexity index is 1330. The highest BCUT2D eigenvalue weighted by molar-refractivity contribution is 5.87. The lowest BCUT2D eigenvalue weighted by Gasteiger charge is -2.36. The molecule has 0 spiro atoms. The number of carboxylic acids is 1. The van der Waals surface area contributed by atoms with Gasteiger partial charge in [0.1, 0.15) is 17.5 Å². The van der Waals surface area contributed by atoms with E-state index in [-0.39, 0.29) is 11.1 Å². The second kappa shape index (κ2) is 8.32. The van der Waals surface area contributed by atoms with Gasteiger partial charge in [-0.3, -0.25) is 0 Å². The molecule has 174 valence electrons. The summed E-state index contributed by atoms with van der Waals surface area (Å²) < 4.78 is 38.9. The number of alkyl halides is 3. The van der Waals surface area contributed by atoms with Gasteiger partial charge in [-0.05, 0) is 42.5 Å². The number of piperazine rings is 1. The maximum absolute atomic E-state index is 13.0. The van der Waals surface area contributed by atoms with Crippen LogP contribution >= 0.6 is 0 Å². The van der Waals surface area contributed by atoms with Gasteiger partial charge < -0.3 is 19.9 Å². The van der Waals surface area contributed by atoms with Gasteiger partial charge in [-0.1, -0.05) is 0 Å². The highest BCUT2D eigenvalue weighted by Gasteiger charge is 2.30. The van der Waals surface area contributed by atoms with E-state index in [1.807, 2.05) is 12.1 Å². The number of nitrogens with zero attached hydrogens (tertiary/aromatic N) is 5. The van der Waals surface area contributed by atoms with Gasteiger partial charge in [0.2, 0.25) is 0 Å².